The van der Waals surface area contributed by atoms with Crippen LogP contribution in [0.1, 0.15) is 28.4 Å². The van der Waals surface area contributed by atoms with Crippen LogP contribution in [0.4, 0.5) is 13.2 Å². The van der Waals surface area contributed by atoms with Gasteiger partial charge in [0.2, 0.25) is 0 Å². The largest absolute Gasteiger partial charge is 0.416 e. The molecular formula is C21H19F3N2O2. The third-order valence-corrected chi connectivity index (χ3v) is 4.86. The fourth-order valence-corrected chi connectivity index (χ4v) is 3.21. The van der Waals surface area contributed by atoms with Crippen LogP contribution in [0.5, 0.6) is 0 Å². The van der Waals surface area contributed by atoms with Gasteiger partial charge in [0.1, 0.15) is 0 Å². The Hall–Kier alpha value is -3.09. The summed E-state index contributed by atoms with van der Waals surface area (Å²) in [6.07, 6.45) is -3.05. The Kier molecular flexibility index (Phi) is 5.27. The molecule has 146 valence electrons. The van der Waals surface area contributed by atoms with E-state index in [1.54, 1.807) is 44.3 Å². The van der Waals surface area contributed by atoms with Gasteiger partial charge in [0, 0.05) is 30.1 Å². The Morgan fingerprint density at radius 2 is 1.68 bits per heavy atom. The van der Waals surface area contributed by atoms with E-state index in [9.17, 15) is 22.8 Å². The van der Waals surface area contributed by atoms with Crippen LogP contribution in [0.15, 0.2) is 59.5 Å². The summed E-state index contributed by atoms with van der Waals surface area (Å²) in [5.74, 6) is -0.371. The second kappa shape index (κ2) is 7.50. The van der Waals surface area contributed by atoms with Crippen molar-refractivity contribution in [1.29, 1.82) is 0 Å². The molecule has 1 amide bonds. The number of amides is 1. The van der Waals surface area contributed by atoms with E-state index in [1.807, 2.05) is 0 Å². The van der Waals surface area contributed by atoms with Gasteiger partial charge in [-0.15, -0.1) is 0 Å². The molecule has 28 heavy (non-hydrogen) atoms. The van der Waals surface area contributed by atoms with Crippen LogP contribution in [0.3, 0.4) is 0 Å². The van der Waals surface area contributed by atoms with Crippen molar-refractivity contribution >= 4 is 16.7 Å². The summed E-state index contributed by atoms with van der Waals surface area (Å²) in [7, 11) is 1.54. The highest BCUT2D eigenvalue weighted by Crippen LogP contribution is 2.32. The smallest absolute Gasteiger partial charge is 0.339 e. The van der Waals surface area contributed by atoms with Crippen molar-refractivity contribution in [2.45, 2.75) is 25.6 Å². The standard InChI is InChI=1S/C21H19F3N2O2/c1-13(11-14-7-3-6-10-18(14)21(22,23)24)26(2)20(28)17-12-25-19(27)16-9-5-4-8-15(16)17/h3-10,12-13H,11H2,1-2H3,(H,25,27). The first kappa shape index (κ1) is 19.7. The van der Waals surface area contributed by atoms with E-state index in [2.05, 4.69) is 4.98 Å². The van der Waals surface area contributed by atoms with E-state index in [-0.39, 0.29) is 23.5 Å². The lowest BCUT2D eigenvalue weighted by Crippen LogP contribution is -2.37. The summed E-state index contributed by atoms with van der Waals surface area (Å²) in [6.45, 7) is 1.69. The number of aromatic amines is 1. The monoisotopic (exact) mass is 388 g/mol. The number of nitrogens with one attached hydrogen (secondary N) is 1. The first-order valence-electron chi connectivity index (χ1n) is 8.73. The van der Waals surface area contributed by atoms with Gasteiger partial charge in [0.25, 0.3) is 11.5 Å². The first-order chi connectivity index (χ1) is 13.2. The number of carbonyl (C=O) groups is 1. The van der Waals surface area contributed by atoms with E-state index in [0.29, 0.717) is 16.3 Å². The maximum atomic E-state index is 13.2. The predicted molar refractivity (Wildman–Crippen MR) is 101 cm³/mol. The van der Waals surface area contributed by atoms with Crippen molar-refractivity contribution in [2.24, 2.45) is 0 Å². The molecule has 0 aliphatic rings. The number of hydrogen-bond donors (Lipinski definition) is 1. The van der Waals surface area contributed by atoms with E-state index in [4.69, 9.17) is 0 Å². The molecule has 1 heterocycles. The molecule has 3 rings (SSSR count). The van der Waals surface area contributed by atoms with Crippen molar-refractivity contribution in [2.75, 3.05) is 7.05 Å². The predicted octanol–water partition coefficient (Wildman–Crippen LogP) is 4.25. The average molecular weight is 388 g/mol. The number of nitrogens with zero attached hydrogens (tertiary/aromatic N) is 1. The van der Waals surface area contributed by atoms with Gasteiger partial charge >= 0.3 is 6.18 Å². The van der Waals surface area contributed by atoms with E-state index in [1.165, 1.54) is 23.2 Å². The van der Waals surface area contributed by atoms with Crippen LogP contribution in [0, 0.1) is 0 Å². The number of alkyl halides is 3. The minimum atomic E-state index is -4.45. The number of carbonyl (C=O) groups excluding carboxylic acids is 1. The molecule has 2 aromatic carbocycles. The number of aromatic nitrogens is 1. The maximum Gasteiger partial charge on any atom is 0.416 e. The second-order valence-electron chi connectivity index (χ2n) is 6.70. The molecule has 0 radical (unpaired) electrons. The van der Waals surface area contributed by atoms with E-state index in [0.717, 1.165) is 6.07 Å². The van der Waals surface area contributed by atoms with Crippen LogP contribution >= 0.6 is 0 Å². The number of rotatable bonds is 4. The fourth-order valence-electron chi connectivity index (χ4n) is 3.21. The van der Waals surface area contributed by atoms with Crippen LogP contribution in [0.2, 0.25) is 0 Å². The molecule has 1 atom stereocenters. The summed E-state index contributed by atoms with van der Waals surface area (Å²) in [5, 5.41) is 0.891. The molecule has 7 heteroatoms. The maximum absolute atomic E-state index is 13.2. The van der Waals surface area contributed by atoms with E-state index < -0.39 is 17.8 Å². The number of fused-ring (bicyclic) bond motifs is 1. The van der Waals surface area contributed by atoms with Crippen molar-refractivity contribution in [3.8, 4) is 0 Å². The molecule has 0 saturated carbocycles. The highest BCUT2D eigenvalue weighted by Gasteiger charge is 2.33. The van der Waals surface area contributed by atoms with Gasteiger partial charge in [-0.1, -0.05) is 36.4 Å². The normalized spacial score (nSPS) is 12.8. The SMILES string of the molecule is CC(Cc1ccccc1C(F)(F)F)N(C)C(=O)c1c[nH]c(=O)c2ccccc12. The molecule has 3 aromatic rings. The molecular weight excluding hydrogens is 369 g/mol. The van der Waals surface area contributed by atoms with Gasteiger partial charge in [-0.05, 0) is 31.0 Å². The highest BCUT2D eigenvalue weighted by atomic mass is 19.4. The fraction of sp³-hybridized carbons (Fsp3) is 0.238. The van der Waals surface area contributed by atoms with Gasteiger partial charge in [0.15, 0.2) is 0 Å². The third kappa shape index (κ3) is 3.78. The number of pyridine rings is 1. The Balaban J connectivity index is 1.89. The Morgan fingerprint density at radius 1 is 1.07 bits per heavy atom. The number of H-pyrrole nitrogens is 1. The van der Waals surface area contributed by atoms with Crippen LogP contribution in [-0.2, 0) is 12.6 Å². The summed E-state index contributed by atoms with van der Waals surface area (Å²) in [6, 6.07) is 11.6. The van der Waals surface area contributed by atoms with Crippen LogP contribution in [-0.4, -0.2) is 28.9 Å². The Morgan fingerprint density at radius 3 is 2.36 bits per heavy atom. The van der Waals surface area contributed by atoms with Gasteiger partial charge in [-0.3, -0.25) is 9.59 Å². The number of hydrogen-bond acceptors (Lipinski definition) is 2. The number of benzene rings is 2. The molecule has 0 aliphatic heterocycles. The number of halogens is 3. The van der Waals surface area contributed by atoms with Crippen LogP contribution in [0.25, 0.3) is 10.8 Å². The minimum absolute atomic E-state index is 0.0548. The lowest BCUT2D eigenvalue weighted by molar-refractivity contribution is -0.138. The zero-order valence-electron chi connectivity index (χ0n) is 15.4. The molecule has 0 aliphatic carbocycles. The Bertz CT molecular complexity index is 1070. The highest BCUT2D eigenvalue weighted by molar-refractivity contribution is 6.06. The second-order valence-corrected chi connectivity index (χ2v) is 6.70. The van der Waals surface area contributed by atoms with E-state index >= 15 is 0 Å². The summed E-state index contributed by atoms with van der Waals surface area (Å²) < 4.78 is 39.7. The third-order valence-electron chi connectivity index (χ3n) is 4.86. The van der Waals surface area contributed by atoms with Gasteiger partial charge < -0.3 is 9.88 Å². The quantitative estimate of drug-likeness (QED) is 0.727. The van der Waals surface area contributed by atoms with Crippen molar-refractivity contribution in [1.82, 2.24) is 9.88 Å². The molecule has 1 aromatic heterocycles. The van der Waals surface area contributed by atoms with Crippen molar-refractivity contribution in [3.63, 3.8) is 0 Å². The zero-order chi connectivity index (χ0) is 20.5. The summed E-state index contributed by atoms with van der Waals surface area (Å²) in [4.78, 5) is 28.8. The lowest BCUT2D eigenvalue weighted by atomic mass is 9.99. The van der Waals surface area contributed by atoms with Gasteiger partial charge in [-0.2, -0.15) is 13.2 Å². The zero-order valence-corrected chi connectivity index (χ0v) is 15.4. The van der Waals surface area contributed by atoms with Crippen LogP contribution < -0.4 is 5.56 Å². The van der Waals surface area contributed by atoms with Gasteiger partial charge in [0.05, 0.1) is 11.1 Å². The molecule has 1 N–H and O–H groups in total. The van der Waals surface area contributed by atoms with Crippen molar-refractivity contribution in [3.05, 3.63) is 81.8 Å². The minimum Gasteiger partial charge on any atom is -0.339 e. The lowest BCUT2D eigenvalue weighted by Gasteiger charge is -2.26. The molecule has 4 nitrogen and oxygen atoms in total. The molecule has 0 spiro atoms. The molecule has 0 bridgehead atoms. The molecule has 0 saturated heterocycles. The number of likely N-dealkylation sites (N-methyl/N-ethyl adjacent to an activating group) is 1. The Labute approximate surface area is 159 Å². The van der Waals surface area contributed by atoms with Crippen molar-refractivity contribution < 1.29 is 18.0 Å². The summed E-state index contributed by atoms with van der Waals surface area (Å²) in [5.41, 5.74) is -0.568. The average Bonchev–Trinajstić information content (AvgIpc) is 2.67. The summed E-state index contributed by atoms with van der Waals surface area (Å²) >= 11 is 0. The first-order valence-corrected chi connectivity index (χ1v) is 8.73. The molecule has 1 unspecified atom stereocenters. The molecule has 0 fully saturated rings. The topological polar surface area (TPSA) is 53.2 Å². The van der Waals surface area contributed by atoms with Gasteiger partial charge in [-0.25, -0.2) is 0 Å².